The van der Waals surface area contributed by atoms with E-state index in [1.165, 1.54) is 0 Å². The fourth-order valence-electron chi connectivity index (χ4n) is 1.45. The lowest BCUT2D eigenvalue weighted by molar-refractivity contribution is 0.229. The highest BCUT2D eigenvalue weighted by Gasteiger charge is 2.00. The summed E-state index contributed by atoms with van der Waals surface area (Å²) in [5, 5.41) is 12.0. The van der Waals surface area contributed by atoms with E-state index in [4.69, 9.17) is 5.21 Å². The number of imidazole rings is 1. The normalized spacial score (nSPS) is 10.5. The molecule has 0 bridgehead atoms. The number of rotatable bonds is 8. The first-order chi connectivity index (χ1) is 9.27. The van der Waals surface area contributed by atoms with E-state index in [9.17, 15) is 0 Å². The van der Waals surface area contributed by atoms with E-state index in [0.29, 0.717) is 12.5 Å². The van der Waals surface area contributed by atoms with Crippen molar-refractivity contribution in [1.82, 2.24) is 20.8 Å². The van der Waals surface area contributed by atoms with E-state index in [1.54, 1.807) is 18.1 Å². The van der Waals surface area contributed by atoms with Crippen LogP contribution in [0.1, 0.15) is 31.2 Å². The van der Waals surface area contributed by atoms with Crippen molar-refractivity contribution in [3.8, 4) is 0 Å². The molecule has 0 aliphatic heterocycles. The van der Waals surface area contributed by atoms with E-state index in [2.05, 4.69) is 32.7 Å². The standard InChI is InChI=1S/C12H23N5OS.2ClH/c1-3-4-5-13-12(17-18)14-6-7-19-8-11-10(2)15-9-16-11;;/h9,18H,3-8H2,1-2H3,(H,15,16)(H2,13,14,17);2*1H. The lowest BCUT2D eigenvalue weighted by Crippen LogP contribution is -2.36. The van der Waals surface area contributed by atoms with Crippen molar-refractivity contribution in [2.45, 2.75) is 32.4 Å². The van der Waals surface area contributed by atoms with Crippen LogP contribution in [-0.4, -0.2) is 40.0 Å². The van der Waals surface area contributed by atoms with E-state index in [0.717, 1.165) is 42.3 Å². The number of aryl methyl sites for hydroxylation is 1. The van der Waals surface area contributed by atoms with Crippen LogP contribution in [0, 0.1) is 6.92 Å². The molecular formula is C12H25Cl2N5OS. The molecule has 21 heavy (non-hydrogen) atoms. The number of thioether (sulfide) groups is 1. The Morgan fingerprint density at radius 1 is 1.48 bits per heavy atom. The molecule has 0 aliphatic carbocycles. The van der Waals surface area contributed by atoms with Gasteiger partial charge in [-0.15, -0.1) is 24.8 Å². The summed E-state index contributed by atoms with van der Waals surface area (Å²) < 4.78 is 0. The summed E-state index contributed by atoms with van der Waals surface area (Å²) in [5.41, 5.74) is 4.30. The van der Waals surface area contributed by atoms with Gasteiger partial charge in [-0.05, 0) is 13.3 Å². The minimum absolute atomic E-state index is 0. The third-order valence-corrected chi connectivity index (χ3v) is 3.58. The largest absolute Gasteiger partial charge is 0.355 e. The zero-order valence-electron chi connectivity index (χ0n) is 12.4. The summed E-state index contributed by atoms with van der Waals surface area (Å²) in [6.45, 7) is 5.61. The Balaban J connectivity index is 0. The molecule has 0 unspecified atom stereocenters. The highest BCUT2D eigenvalue weighted by atomic mass is 35.5. The molecule has 4 N–H and O–H groups in total. The van der Waals surface area contributed by atoms with E-state index < -0.39 is 0 Å². The molecule has 9 heteroatoms. The van der Waals surface area contributed by atoms with Gasteiger partial charge < -0.3 is 10.3 Å². The Morgan fingerprint density at radius 3 is 2.81 bits per heavy atom. The molecule has 0 aromatic carbocycles. The Morgan fingerprint density at radius 2 is 2.24 bits per heavy atom. The average Bonchev–Trinajstić information content (AvgIpc) is 2.82. The van der Waals surface area contributed by atoms with E-state index in [-0.39, 0.29) is 24.8 Å². The van der Waals surface area contributed by atoms with Gasteiger partial charge in [0.15, 0.2) is 0 Å². The Hall–Kier alpha value is -0.630. The minimum atomic E-state index is 0. The second-order valence-corrected chi connectivity index (χ2v) is 5.25. The van der Waals surface area contributed by atoms with Crippen molar-refractivity contribution in [3.63, 3.8) is 0 Å². The van der Waals surface area contributed by atoms with Gasteiger partial charge in [-0.3, -0.25) is 10.2 Å². The molecule has 1 heterocycles. The molecule has 124 valence electrons. The summed E-state index contributed by atoms with van der Waals surface area (Å²) in [6, 6.07) is 0. The molecule has 1 aromatic heterocycles. The first kappa shape index (κ1) is 22.6. The molecule has 0 saturated heterocycles. The number of H-pyrrole nitrogens is 1. The maximum Gasteiger partial charge on any atom is 0.215 e. The predicted octanol–water partition coefficient (Wildman–Crippen LogP) is 2.52. The second kappa shape index (κ2) is 14.3. The highest BCUT2D eigenvalue weighted by molar-refractivity contribution is 7.98. The molecule has 1 aromatic rings. The molecule has 0 amide bonds. The van der Waals surface area contributed by atoms with Crippen molar-refractivity contribution < 1.29 is 5.21 Å². The van der Waals surface area contributed by atoms with Crippen molar-refractivity contribution in [2.75, 3.05) is 18.8 Å². The summed E-state index contributed by atoms with van der Waals surface area (Å²) in [6.07, 6.45) is 3.90. The molecule has 1 rings (SSSR count). The Bertz CT molecular complexity index is 389. The van der Waals surface area contributed by atoms with Crippen LogP contribution >= 0.6 is 36.6 Å². The monoisotopic (exact) mass is 357 g/mol. The number of hydrogen-bond donors (Lipinski definition) is 4. The number of halogens is 2. The van der Waals surface area contributed by atoms with Crippen LogP contribution in [-0.2, 0) is 5.75 Å². The number of guanidine groups is 1. The third kappa shape index (κ3) is 9.84. The molecule has 0 radical (unpaired) electrons. The third-order valence-electron chi connectivity index (χ3n) is 2.61. The Kier molecular flexibility index (Phi) is 15.4. The molecule has 0 atom stereocenters. The summed E-state index contributed by atoms with van der Waals surface area (Å²) >= 11 is 1.79. The van der Waals surface area contributed by atoms with Crippen LogP contribution in [0.15, 0.2) is 11.3 Å². The molecular weight excluding hydrogens is 333 g/mol. The summed E-state index contributed by atoms with van der Waals surface area (Å²) in [7, 11) is 0. The second-order valence-electron chi connectivity index (χ2n) is 4.14. The number of nitrogens with one attached hydrogen (secondary N) is 3. The van der Waals surface area contributed by atoms with Gasteiger partial charge in [0.2, 0.25) is 5.96 Å². The van der Waals surface area contributed by atoms with Gasteiger partial charge in [0.25, 0.3) is 0 Å². The molecule has 6 nitrogen and oxygen atoms in total. The van der Waals surface area contributed by atoms with E-state index >= 15 is 0 Å². The van der Waals surface area contributed by atoms with Crippen LogP contribution in [0.5, 0.6) is 0 Å². The quantitative estimate of drug-likeness (QED) is 0.248. The van der Waals surface area contributed by atoms with Gasteiger partial charge in [-0.25, -0.2) is 10.5 Å². The zero-order valence-corrected chi connectivity index (χ0v) is 14.8. The molecule has 0 saturated carbocycles. The van der Waals surface area contributed by atoms with Crippen LogP contribution in [0.2, 0.25) is 0 Å². The van der Waals surface area contributed by atoms with Crippen LogP contribution in [0.25, 0.3) is 0 Å². The van der Waals surface area contributed by atoms with Crippen LogP contribution < -0.4 is 10.8 Å². The van der Waals surface area contributed by atoms with Crippen molar-refractivity contribution in [2.24, 2.45) is 4.99 Å². The molecule has 0 spiro atoms. The van der Waals surface area contributed by atoms with Gasteiger partial charge in [-0.2, -0.15) is 11.8 Å². The number of hydrogen-bond acceptors (Lipinski definition) is 4. The number of aromatic nitrogens is 2. The number of aromatic amines is 1. The molecule has 0 fully saturated rings. The van der Waals surface area contributed by atoms with Gasteiger partial charge in [-0.1, -0.05) is 13.3 Å². The Labute approximate surface area is 142 Å². The fourth-order valence-corrected chi connectivity index (χ4v) is 2.31. The van der Waals surface area contributed by atoms with Crippen molar-refractivity contribution in [3.05, 3.63) is 17.7 Å². The van der Waals surface area contributed by atoms with E-state index in [1.807, 2.05) is 6.92 Å². The van der Waals surface area contributed by atoms with Gasteiger partial charge in [0.1, 0.15) is 0 Å². The minimum Gasteiger partial charge on any atom is -0.355 e. The SMILES string of the molecule is CCCCN/C(=N/CCSCc1[nH]cnc1C)NO.Cl.Cl. The summed E-state index contributed by atoms with van der Waals surface area (Å²) in [5.74, 6) is 2.26. The number of nitrogens with zero attached hydrogens (tertiary/aromatic N) is 2. The average molecular weight is 358 g/mol. The molecule has 0 aliphatic rings. The van der Waals surface area contributed by atoms with Gasteiger partial charge in [0, 0.05) is 23.7 Å². The van der Waals surface area contributed by atoms with Crippen molar-refractivity contribution in [1.29, 1.82) is 0 Å². The number of hydroxylamine groups is 1. The van der Waals surface area contributed by atoms with Gasteiger partial charge in [0.05, 0.1) is 18.6 Å². The van der Waals surface area contributed by atoms with Crippen molar-refractivity contribution >= 4 is 42.5 Å². The lowest BCUT2D eigenvalue weighted by Gasteiger charge is -2.07. The maximum absolute atomic E-state index is 8.91. The van der Waals surface area contributed by atoms with Crippen LogP contribution in [0.3, 0.4) is 0 Å². The smallest absolute Gasteiger partial charge is 0.215 e. The first-order valence-corrected chi connectivity index (χ1v) is 7.68. The summed E-state index contributed by atoms with van der Waals surface area (Å²) in [4.78, 5) is 11.5. The number of aliphatic imine (C=N–C) groups is 1. The highest BCUT2D eigenvalue weighted by Crippen LogP contribution is 2.11. The first-order valence-electron chi connectivity index (χ1n) is 6.53. The predicted molar refractivity (Wildman–Crippen MR) is 94.1 cm³/mol. The number of unbranched alkanes of at least 4 members (excludes halogenated alkanes) is 1. The fraction of sp³-hybridized carbons (Fsp3) is 0.667. The topological polar surface area (TPSA) is 85.3 Å². The zero-order chi connectivity index (χ0) is 13.9. The maximum atomic E-state index is 8.91. The van der Waals surface area contributed by atoms with Gasteiger partial charge >= 0.3 is 0 Å². The lowest BCUT2D eigenvalue weighted by atomic mass is 10.3. The van der Waals surface area contributed by atoms with Crippen LogP contribution in [0.4, 0.5) is 0 Å².